The second kappa shape index (κ2) is 7.93. The Kier molecular flexibility index (Phi) is 6.90. The summed E-state index contributed by atoms with van der Waals surface area (Å²) in [5.41, 5.74) is 0.821. The SMILES string of the molecule is CCC(C)SCCCC(=O)c1ccc(Br)cc1. The van der Waals surface area contributed by atoms with Crippen LogP contribution >= 0.6 is 27.7 Å². The van der Waals surface area contributed by atoms with Crippen molar-refractivity contribution in [2.45, 2.75) is 38.4 Å². The molecule has 0 aliphatic rings. The molecule has 0 fully saturated rings. The third-order valence-electron chi connectivity index (χ3n) is 2.69. The van der Waals surface area contributed by atoms with Gasteiger partial charge in [-0.1, -0.05) is 41.9 Å². The predicted molar refractivity (Wildman–Crippen MR) is 79.9 cm³/mol. The van der Waals surface area contributed by atoms with Crippen molar-refractivity contribution in [2.24, 2.45) is 0 Å². The maximum Gasteiger partial charge on any atom is 0.162 e. The van der Waals surface area contributed by atoms with E-state index in [-0.39, 0.29) is 5.78 Å². The van der Waals surface area contributed by atoms with Crippen molar-refractivity contribution in [3.05, 3.63) is 34.3 Å². The summed E-state index contributed by atoms with van der Waals surface area (Å²) >= 11 is 5.32. The first-order valence-electron chi connectivity index (χ1n) is 6.04. The molecule has 17 heavy (non-hydrogen) atoms. The summed E-state index contributed by atoms with van der Waals surface area (Å²) in [5.74, 6) is 1.33. The van der Waals surface area contributed by atoms with Gasteiger partial charge in [-0.3, -0.25) is 4.79 Å². The molecule has 0 amide bonds. The molecule has 0 aliphatic carbocycles. The highest BCUT2D eigenvalue weighted by molar-refractivity contribution is 9.10. The van der Waals surface area contributed by atoms with Crippen molar-refractivity contribution in [1.29, 1.82) is 0 Å². The molecule has 1 nitrogen and oxygen atoms in total. The molecule has 0 heterocycles. The summed E-state index contributed by atoms with van der Waals surface area (Å²) in [4.78, 5) is 11.8. The van der Waals surface area contributed by atoms with Crippen LogP contribution in [-0.2, 0) is 0 Å². The molecule has 1 atom stereocenters. The molecular weight excluding hydrogens is 296 g/mol. The highest BCUT2D eigenvalue weighted by Crippen LogP contribution is 2.17. The fourth-order valence-electron chi connectivity index (χ4n) is 1.42. The fraction of sp³-hybridized carbons (Fsp3) is 0.500. The van der Waals surface area contributed by atoms with E-state index in [0.29, 0.717) is 11.7 Å². The third-order valence-corrected chi connectivity index (χ3v) is 4.65. The Morgan fingerprint density at radius 1 is 1.35 bits per heavy atom. The molecule has 0 saturated carbocycles. The van der Waals surface area contributed by atoms with Crippen LogP contribution in [0, 0.1) is 0 Å². The van der Waals surface area contributed by atoms with Gasteiger partial charge in [0.1, 0.15) is 0 Å². The van der Waals surface area contributed by atoms with E-state index in [1.54, 1.807) is 0 Å². The molecular formula is C14H19BrOS. The van der Waals surface area contributed by atoms with Gasteiger partial charge in [0, 0.05) is 21.7 Å². The van der Waals surface area contributed by atoms with Crippen LogP contribution in [0.15, 0.2) is 28.7 Å². The standard InChI is InChI=1S/C14H19BrOS/c1-3-11(2)17-10-4-5-14(16)12-6-8-13(15)9-7-12/h6-9,11H,3-5,10H2,1-2H3. The van der Waals surface area contributed by atoms with Crippen LogP contribution in [0.25, 0.3) is 0 Å². The average molecular weight is 315 g/mol. The maximum atomic E-state index is 11.8. The van der Waals surface area contributed by atoms with E-state index in [0.717, 1.165) is 22.2 Å². The van der Waals surface area contributed by atoms with Crippen LogP contribution in [0.3, 0.4) is 0 Å². The zero-order valence-corrected chi connectivity index (χ0v) is 12.8. The van der Waals surface area contributed by atoms with E-state index in [1.807, 2.05) is 36.0 Å². The van der Waals surface area contributed by atoms with Crippen LogP contribution < -0.4 is 0 Å². The number of carbonyl (C=O) groups is 1. The van der Waals surface area contributed by atoms with Crippen LogP contribution in [0.2, 0.25) is 0 Å². The number of Topliss-reactive ketones (excluding diaryl/α,β-unsaturated/α-hetero) is 1. The van der Waals surface area contributed by atoms with Gasteiger partial charge in [-0.2, -0.15) is 11.8 Å². The van der Waals surface area contributed by atoms with E-state index >= 15 is 0 Å². The van der Waals surface area contributed by atoms with Crippen LogP contribution in [0.5, 0.6) is 0 Å². The lowest BCUT2D eigenvalue weighted by molar-refractivity contribution is 0.0982. The Morgan fingerprint density at radius 3 is 2.59 bits per heavy atom. The number of carbonyl (C=O) groups excluding carboxylic acids is 1. The van der Waals surface area contributed by atoms with Gasteiger partial charge in [-0.25, -0.2) is 0 Å². The summed E-state index contributed by atoms with van der Waals surface area (Å²) in [6, 6.07) is 7.60. The Bertz CT molecular complexity index is 348. The summed E-state index contributed by atoms with van der Waals surface area (Å²) < 4.78 is 1.02. The molecule has 0 aromatic heterocycles. The Balaban J connectivity index is 2.28. The van der Waals surface area contributed by atoms with Gasteiger partial charge in [-0.15, -0.1) is 0 Å². The van der Waals surface area contributed by atoms with Gasteiger partial charge in [0.15, 0.2) is 5.78 Å². The quantitative estimate of drug-likeness (QED) is 0.523. The van der Waals surface area contributed by atoms with Crippen molar-refractivity contribution >= 4 is 33.5 Å². The zero-order valence-electron chi connectivity index (χ0n) is 10.4. The molecule has 0 radical (unpaired) electrons. The lowest BCUT2D eigenvalue weighted by Crippen LogP contribution is -2.01. The van der Waals surface area contributed by atoms with Crippen molar-refractivity contribution in [2.75, 3.05) is 5.75 Å². The molecule has 1 rings (SSSR count). The minimum Gasteiger partial charge on any atom is -0.294 e. The Morgan fingerprint density at radius 2 is 2.00 bits per heavy atom. The maximum absolute atomic E-state index is 11.8. The molecule has 3 heteroatoms. The average Bonchev–Trinajstić information content (AvgIpc) is 2.34. The first-order valence-corrected chi connectivity index (χ1v) is 7.88. The number of hydrogen-bond donors (Lipinski definition) is 0. The highest BCUT2D eigenvalue weighted by Gasteiger charge is 2.06. The Labute approximate surface area is 117 Å². The molecule has 0 N–H and O–H groups in total. The smallest absolute Gasteiger partial charge is 0.162 e. The largest absolute Gasteiger partial charge is 0.294 e. The van der Waals surface area contributed by atoms with Crippen LogP contribution in [0.4, 0.5) is 0 Å². The lowest BCUT2D eigenvalue weighted by atomic mass is 10.1. The van der Waals surface area contributed by atoms with Gasteiger partial charge in [0.25, 0.3) is 0 Å². The summed E-state index contributed by atoms with van der Waals surface area (Å²) in [7, 11) is 0. The topological polar surface area (TPSA) is 17.1 Å². The predicted octanol–water partition coefficient (Wildman–Crippen LogP) is 4.94. The summed E-state index contributed by atoms with van der Waals surface area (Å²) in [5, 5.41) is 0.706. The van der Waals surface area contributed by atoms with Crippen LogP contribution in [0.1, 0.15) is 43.5 Å². The second-order valence-corrected chi connectivity index (χ2v) is 6.59. The zero-order chi connectivity index (χ0) is 12.7. The van der Waals surface area contributed by atoms with Crippen molar-refractivity contribution in [1.82, 2.24) is 0 Å². The molecule has 0 bridgehead atoms. The first kappa shape index (κ1) is 14.8. The molecule has 0 spiro atoms. The molecule has 1 unspecified atom stereocenters. The van der Waals surface area contributed by atoms with Gasteiger partial charge in [0.2, 0.25) is 0 Å². The minimum atomic E-state index is 0.252. The van der Waals surface area contributed by atoms with E-state index in [4.69, 9.17) is 0 Å². The second-order valence-electron chi connectivity index (χ2n) is 4.12. The monoisotopic (exact) mass is 314 g/mol. The molecule has 94 valence electrons. The number of benzene rings is 1. The number of halogens is 1. The van der Waals surface area contributed by atoms with E-state index in [9.17, 15) is 4.79 Å². The van der Waals surface area contributed by atoms with Crippen LogP contribution in [-0.4, -0.2) is 16.8 Å². The molecule has 0 saturated heterocycles. The number of ketones is 1. The molecule has 1 aromatic rings. The molecule has 1 aromatic carbocycles. The van der Waals surface area contributed by atoms with Crippen molar-refractivity contribution < 1.29 is 4.79 Å². The van der Waals surface area contributed by atoms with Crippen molar-refractivity contribution in [3.8, 4) is 0 Å². The van der Waals surface area contributed by atoms with Gasteiger partial charge >= 0.3 is 0 Å². The van der Waals surface area contributed by atoms with Gasteiger partial charge < -0.3 is 0 Å². The lowest BCUT2D eigenvalue weighted by Gasteiger charge is -2.07. The number of rotatable bonds is 7. The Hall–Kier alpha value is -0.280. The first-order chi connectivity index (χ1) is 8.13. The van der Waals surface area contributed by atoms with E-state index < -0.39 is 0 Å². The number of hydrogen-bond acceptors (Lipinski definition) is 2. The molecule has 0 aliphatic heterocycles. The normalized spacial score (nSPS) is 12.4. The van der Waals surface area contributed by atoms with Gasteiger partial charge in [0.05, 0.1) is 0 Å². The third kappa shape index (κ3) is 5.73. The van der Waals surface area contributed by atoms with E-state index in [1.165, 1.54) is 6.42 Å². The minimum absolute atomic E-state index is 0.252. The van der Waals surface area contributed by atoms with Crippen molar-refractivity contribution in [3.63, 3.8) is 0 Å². The summed E-state index contributed by atoms with van der Waals surface area (Å²) in [6.07, 6.45) is 2.83. The number of thioether (sulfide) groups is 1. The highest BCUT2D eigenvalue weighted by atomic mass is 79.9. The summed E-state index contributed by atoms with van der Waals surface area (Å²) in [6.45, 7) is 4.44. The van der Waals surface area contributed by atoms with Gasteiger partial charge in [-0.05, 0) is 30.7 Å². The fourth-order valence-corrected chi connectivity index (χ4v) is 2.63. The van der Waals surface area contributed by atoms with E-state index in [2.05, 4.69) is 29.8 Å².